The lowest BCUT2D eigenvalue weighted by atomic mass is 10.2. The van der Waals surface area contributed by atoms with Crippen LogP contribution in [-0.2, 0) is 4.74 Å². The Bertz CT molecular complexity index is 561. The van der Waals surface area contributed by atoms with Gasteiger partial charge in [0.1, 0.15) is 0 Å². The molecule has 2 aromatic rings. The van der Waals surface area contributed by atoms with Crippen LogP contribution in [-0.4, -0.2) is 30.4 Å². The smallest absolute Gasteiger partial charge is 0.256 e. The predicted octanol–water partition coefficient (Wildman–Crippen LogP) is 3.07. The summed E-state index contributed by atoms with van der Waals surface area (Å²) >= 11 is 1.61. The second kappa shape index (κ2) is 7.67. The number of thioether (sulfide) groups is 1. The van der Waals surface area contributed by atoms with Crippen LogP contribution < -0.4 is 5.32 Å². The van der Waals surface area contributed by atoms with Gasteiger partial charge in [0.05, 0.1) is 24.1 Å². The number of nitrogens with one attached hydrogen (secondary N) is 1. The van der Waals surface area contributed by atoms with Gasteiger partial charge in [-0.1, -0.05) is 12.1 Å². The van der Waals surface area contributed by atoms with Crippen LogP contribution in [0, 0.1) is 0 Å². The van der Waals surface area contributed by atoms with E-state index in [2.05, 4.69) is 10.3 Å². The molecule has 0 aliphatic rings. The van der Waals surface area contributed by atoms with Crippen molar-refractivity contribution in [2.45, 2.75) is 4.90 Å². The van der Waals surface area contributed by atoms with E-state index in [9.17, 15) is 4.79 Å². The van der Waals surface area contributed by atoms with E-state index in [1.54, 1.807) is 37.3 Å². The molecule has 0 unspecified atom stereocenters. The molecule has 0 atom stereocenters. The molecule has 0 radical (unpaired) electrons. The van der Waals surface area contributed by atoms with Crippen LogP contribution >= 0.6 is 11.8 Å². The largest absolute Gasteiger partial charge is 0.384 e. The highest BCUT2D eigenvalue weighted by atomic mass is 32.2. The van der Waals surface area contributed by atoms with Gasteiger partial charge in [-0.05, 0) is 24.3 Å². The monoisotopic (exact) mass is 288 g/mol. The van der Waals surface area contributed by atoms with Crippen molar-refractivity contribution in [3.8, 4) is 0 Å². The molecular weight excluding hydrogens is 272 g/mol. The molecule has 0 aliphatic heterocycles. The number of ether oxygens (including phenoxy) is 1. The van der Waals surface area contributed by atoms with E-state index in [-0.39, 0.29) is 5.91 Å². The van der Waals surface area contributed by atoms with Gasteiger partial charge in [0.15, 0.2) is 0 Å². The van der Waals surface area contributed by atoms with Gasteiger partial charge in [-0.3, -0.25) is 9.78 Å². The Balaban J connectivity index is 2.09. The third-order valence-corrected chi connectivity index (χ3v) is 3.63. The first-order valence-corrected chi connectivity index (χ1v) is 7.22. The molecule has 1 aromatic carbocycles. The van der Waals surface area contributed by atoms with Crippen molar-refractivity contribution in [2.75, 3.05) is 24.8 Å². The lowest BCUT2D eigenvalue weighted by molar-refractivity contribution is 0.102. The fraction of sp³-hybridized carbons (Fsp3) is 0.200. The lowest BCUT2D eigenvalue weighted by Crippen LogP contribution is -2.13. The number of anilines is 1. The summed E-state index contributed by atoms with van der Waals surface area (Å²) in [6, 6.07) is 11.1. The molecule has 0 saturated carbocycles. The number of benzene rings is 1. The van der Waals surface area contributed by atoms with Gasteiger partial charge in [-0.25, -0.2) is 0 Å². The van der Waals surface area contributed by atoms with Crippen LogP contribution in [0.15, 0.2) is 53.7 Å². The molecule has 1 amide bonds. The van der Waals surface area contributed by atoms with Crippen LogP contribution in [0.5, 0.6) is 0 Å². The zero-order chi connectivity index (χ0) is 14.2. The first-order chi connectivity index (χ1) is 9.81. The second-order valence-corrected chi connectivity index (χ2v) is 5.17. The van der Waals surface area contributed by atoms with Crippen LogP contribution in [0.25, 0.3) is 0 Å². The van der Waals surface area contributed by atoms with Crippen LogP contribution in [0.4, 0.5) is 5.69 Å². The maximum Gasteiger partial charge on any atom is 0.256 e. The highest BCUT2D eigenvalue weighted by Crippen LogP contribution is 2.23. The van der Waals surface area contributed by atoms with Gasteiger partial charge in [-0.2, -0.15) is 0 Å². The number of rotatable bonds is 6. The van der Waals surface area contributed by atoms with Gasteiger partial charge in [0.25, 0.3) is 5.91 Å². The Morgan fingerprint density at radius 1 is 1.30 bits per heavy atom. The maximum atomic E-state index is 12.3. The zero-order valence-electron chi connectivity index (χ0n) is 11.2. The number of methoxy groups -OCH3 is 1. The van der Waals surface area contributed by atoms with E-state index in [0.29, 0.717) is 17.9 Å². The van der Waals surface area contributed by atoms with Crippen molar-refractivity contribution in [1.82, 2.24) is 4.98 Å². The minimum absolute atomic E-state index is 0.126. The van der Waals surface area contributed by atoms with Crippen molar-refractivity contribution < 1.29 is 9.53 Å². The molecule has 1 aromatic heterocycles. The number of carbonyl (C=O) groups is 1. The van der Waals surface area contributed by atoms with Gasteiger partial charge < -0.3 is 10.1 Å². The average molecular weight is 288 g/mol. The van der Waals surface area contributed by atoms with E-state index >= 15 is 0 Å². The first-order valence-electron chi connectivity index (χ1n) is 6.23. The van der Waals surface area contributed by atoms with Crippen LogP contribution in [0.2, 0.25) is 0 Å². The quantitative estimate of drug-likeness (QED) is 0.655. The molecule has 0 fully saturated rings. The number of aromatic nitrogens is 1. The molecule has 0 bridgehead atoms. The van der Waals surface area contributed by atoms with Gasteiger partial charge in [0.2, 0.25) is 0 Å². The molecule has 5 heteroatoms. The van der Waals surface area contributed by atoms with Gasteiger partial charge >= 0.3 is 0 Å². The number of amides is 1. The highest BCUT2D eigenvalue weighted by Gasteiger charge is 2.11. The minimum Gasteiger partial charge on any atom is -0.384 e. The summed E-state index contributed by atoms with van der Waals surface area (Å²) in [5.74, 6) is 0.687. The Morgan fingerprint density at radius 3 is 2.90 bits per heavy atom. The normalized spacial score (nSPS) is 10.2. The maximum absolute atomic E-state index is 12.3. The second-order valence-electron chi connectivity index (χ2n) is 4.03. The third-order valence-electron chi connectivity index (χ3n) is 2.60. The number of carbonyl (C=O) groups excluding carboxylic acids is 1. The molecule has 0 aliphatic carbocycles. The summed E-state index contributed by atoms with van der Waals surface area (Å²) in [5.41, 5.74) is 1.35. The molecule has 0 saturated heterocycles. The van der Waals surface area contributed by atoms with Gasteiger partial charge in [-0.15, -0.1) is 11.8 Å². The summed E-state index contributed by atoms with van der Waals surface area (Å²) < 4.78 is 5.03. The minimum atomic E-state index is -0.126. The molecule has 4 nitrogen and oxygen atoms in total. The predicted molar refractivity (Wildman–Crippen MR) is 81.2 cm³/mol. The molecule has 1 heterocycles. The fourth-order valence-electron chi connectivity index (χ4n) is 1.65. The standard InChI is InChI=1S/C15H16N2O2S/c1-19-9-10-20-14-7-3-2-6-13(14)15(18)17-12-5-4-8-16-11-12/h2-8,11H,9-10H2,1H3,(H,17,18). The molecule has 20 heavy (non-hydrogen) atoms. The lowest BCUT2D eigenvalue weighted by Gasteiger charge is -2.09. The number of hydrogen-bond acceptors (Lipinski definition) is 4. The molecule has 2 rings (SSSR count). The van der Waals surface area contributed by atoms with Crippen molar-refractivity contribution in [3.05, 3.63) is 54.4 Å². The molecule has 104 valence electrons. The average Bonchev–Trinajstić information content (AvgIpc) is 2.49. The number of hydrogen-bond donors (Lipinski definition) is 1. The topological polar surface area (TPSA) is 51.2 Å². The Morgan fingerprint density at radius 2 is 2.15 bits per heavy atom. The highest BCUT2D eigenvalue weighted by molar-refractivity contribution is 7.99. The van der Waals surface area contributed by atoms with E-state index in [1.807, 2.05) is 30.3 Å². The van der Waals surface area contributed by atoms with Crippen LogP contribution in [0.3, 0.4) is 0 Å². The summed E-state index contributed by atoms with van der Waals surface area (Å²) in [6.45, 7) is 0.656. The fourth-order valence-corrected chi connectivity index (χ4v) is 2.61. The van der Waals surface area contributed by atoms with E-state index < -0.39 is 0 Å². The van der Waals surface area contributed by atoms with E-state index in [0.717, 1.165) is 10.6 Å². The Kier molecular flexibility index (Phi) is 5.58. The third kappa shape index (κ3) is 4.08. The SMILES string of the molecule is COCCSc1ccccc1C(=O)Nc1cccnc1. The summed E-state index contributed by atoms with van der Waals surface area (Å²) in [7, 11) is 1.67. The van der Waals surface area contributed by atoms with Crippen molar-refractivity contribution in [3.63, 3.8) is 0 Å². The number of nitrogens with zero attached hydrogens (tertiary/aromatic N) is 1. The zero-order valence-corrected chi connectivity index (χ0v) is 12.0. The van der Waals surface area contributed by atoms with E-state index in [1.165, 1.54) is 0 Å². The summed E-state index contributed by atoms with van der Waals surface area (Å²) in [5, 5.41) is 2.84. The van der Waals surface area contributed by atoms with Crippen molar-refractivity contribution >= 4 is 23.4 Å². The van der Waals surface area contributed by atoms with E-state index in [4.69, 9.17) is 4.74 Å². The number of pyridine rings is 1. The van der Waals surface area contributed by atoms with Crippen molar-refractivity contribution in [2.24, 2.45) is 0 Å². The van der Waals surface area contributed by atoms with Crippen LogP contribution in [0.1, 0.15) is 10.4 Å². The molecular formula is C15H16N2O2S. The van der Waals surface area contributed by atoms with Crippen molar-refractivity contribution in [1.29, 1.82) is 0 Å². The Hall–Kier alpha value is -1.85. The van der Waals surface area contributed by atoms with Gasteiger partial charge in [0, 0.05) is 24.0 Å². The summed E-state index contributed by atoms with van der Waals surface area (Å²) in [6.07, 6.45) is 3.29. The summed E-state index contributed by atoms with van der Waals surface area (Å²) in [4.78, 5) is 17.2. The Labute approximate surface area is 122 Å². The molecule has 1 N–H and O–H groups in total. The molecule has 0 spiro atoms. The first kappa shape index (κ1) is 14.6.